The predicted molar refractivity (Wildman–Crippen MR) is 146 cm³/mol. The second kappa shape index (κ2) is 11.4. The van der Waals surface area contributed by atoms with Crippen molar-refractivity contribution >= 4 is 22.6 Å². The summed E-state index contributed by atoms with van der Waals surface area (Å²) >= 11 is 0. The quantitative estimate of drug-likeness (QED) is 0.338. The highest BCUT2D eigenvalue weighted by atomic mass is 16.2. The number of benzene rings is 3. The van der Waals surface area contributed by atoms with E-state index < -0.39 is 12.1 Å². The molecule has 0 spiro atoms. The average Bonchev–Trinajstić information content (AvgIpc) is 2.94. The van der Waals surface area contributed by atoms with E-state index in [0.717, 1.165) is 46.0 Å². The summed E-state index contributed by atoms with van der Waals surface area (Å²) in [6.07, 6.45) is 4.45. The van der Waals surface area contributed by atoms with Crippen LogP contribution in [0.25, 0.3) is 22.0 Å². The van der Waals surface area contributed by atoms with Crippen LogP contribution in [0.1, 0.15) is 30.4 Å². The minimum atomic E-state index is -0.601. The molecule has 0 aliphatic carbocycles. The van der Waals surface area contributed by atoms with Crippen LogP contribution >= 0.6 is 0 Å². The van der Waals surface area contributed by atoms with Crippen molar-refractivity contribution in [1.29, 1.82) is 0 Å². The van der Waals surface area contributed by atoms with E-state index >= 15 is 0 Å². The molecular weight excluding hydrogens is 460 g/mol. The normalized spacial score (nSPS) is 17.7. The standard InChI is InChI=1S/C31H32N4O2/c32-17-7-6-12-29-30(36)34-28(19-22-13-15-24-8-4-5-11-26(24)18-22)31(37)35(29)21-23-14-16-27(33-20-23)25-9-2-1-3-10-25/h1-5,8-11,13-16,18,20,28-29H,6-7,12,17,19,21,32H2,(H,34,36)/t28-,29-/m0/s1. The first-order valence-electron chi connectivity index (χ1n) is 12.9. The molecule has 0 bridgehead atoms. The van der Waals surface area contributed by atoms with Gasteiger partial charge in [-0.25, -0.2) is 0 Å². The molecular formula is C31H32N4O2. The lowest BCUT2D eigenvalue weighted by atomic mass is 9.96. The molecule has 1 saturated heterocycles. The van der Waals surface area contributed by atoms with Crippen LogP contribution in [0.3, 0.4) is 0 Å². The maximum atomic E-state index is 13.7. The van der Waals surface area contributed by atoms with Gasteiger partial charge in [0.2, 0.25) is 11.8 Å². The number of amides is 2. The number of carbonyl (C=O) groups is 2. The Hall–Kier alpha value is -4.03. The molecule has 2 heterocycles. The number of rotatable bonds is 9. The Morgan fingerprint density at radius 3 is 2.35 bits per heavy atom. The van der Waals surface area contributed by atoms with E-state index in [4.69, 9.17) is 5.73 Å². The molecule has 188 valence electrons. The molecule has 3 N–H and O–H groups in total. The van der Waals surface area contributed by atoms with E-state index in [0.29, 0.717) is 25.9 Å². The van der Waals surface area contributed by atoms with Crippen LogP contribution in [0.4, 0.5) is 0 Å². The van der Waals surface area contributed by atoms with Crippen molar-refractivity contribution < 1.29 is 9.59 Å². The Morgan fingerprint density at radius 1 is 0.838 bits per heavy atom. The summed E-state index contributed by atoms with van der Waals surface area (Å²) in [5.74, 6) is -0.158. The van der Waals surface area contributed by atoms with E-state index in [1.165, 1.54) is 0 Å². The zero-order valence-corrected chi connectivity index (χ0v) is 20.8. The van der Waals surface area contributed by atoms with E-state index in [1.54, 1.807) is 11.1 Å². The smallest absolute Gasteiger partial charge is 0.246 e. The minimum absolute atomic E-state index is 0.0577. The van der Waals surface area contributed by atoms with E-state index in [1.807, 2.05) is 60.7 Å². The number of unbranched alkanes of at least 4 members (excludes halogenated alkanes) is 1. The third kappa shape index (κ3) is 5.70. The summed E-state index contributed by atoms with van der Waals surface area (Å²) < 4.78 is 0. The van der Waals surface area contributed by atoms with Gasteiger partial charge in [0.05, 0.1) is 5.69 Å². The summed E-state index contributed by atoms with van der Waals surface area (Å²) in [7, 11) is 0. The maximum Gasteiger partial charge on any atom is 0.246 e. The van der Waals surface area contributed by atoms with Crippen LogP contribution in [0, 0.1) is 0 Å². The zero-order chi connectivity index (χ0) is 25.6. The molecule has 1 fully saturated rings. The first-order valence-corrected chi connectivity index (χ1v) is 12.9. The Bertz CT molecular complexity index is 1370. The van der Waals surface area contributed by atoms with E-state index in [-0.39, 0.29) is 11.8 Å². The van der Waals surface area contributed by atoms with Crippen molar-refractivity contribution in [3.05, 3.63) is 102 Å². The van der Waals surface area contributed by atoms with Crippen LogP contribution in [-0.4, -0.2) is 40.3 Å². The predicted octanol–water partition coefficient (Wildman–Crippen LogP) is 4.47. The first-order chi connectivity index (χ1) is 18.1. The zero-order valence-electron chi connectivity index (χ0n) is 20.8. The lowest BCUT2D eigenvalue weighted by Gasteiger charge is -2.39. The molecule has 4 aromatic rings. The van der Waals surface area contributed by atoms with Gasteiger partial charge in [-0.15, -0.1) is 0 Å². The van der Waals surface area contributed by atoms with Gasteiger partial charge in [0, 0.05) is 24.7 Å². The average molecular weight is 493 g/mol. The lowest BCUT2D eigenvalue weighted by Crippen LogP contribution is -2.63. The highest BCUT2D eigenvalue weighted by molar-refractivity contribution is 5.97. The number of piperazine rings is 1. The Morgan fingerprint density at radius 2 is 1.59 bits per heavy atom. The largest absolute Gasteiger partial charge is 0.342 e. The van der Waals surface area contributed by atoms with Crippen molar-refractivity contribution in [2.24, 2.45) is 5.73 Å². The highest BCUT2D eigenvalue weighted by Crippen LogP contribution is 2.23. The number of pyridine rings is 1. The fraction of sp³-hybridized carbons (Fsp3) is 0.258. The van der Waals surface area contributed by atoms with Gasteiger partial charge in [-0.2, -0.15) is 0 Å². The number of hydrogen-bond acceptors (Lipinski definition) is 4. The van der Waals surface area contributed by atoms with Gasteiger partial charge in [0.1, 0.15) is 12.1 Å². The van der Waals surface area contributed by atoms with Crippen molar-refractivity contribution in [1.82, 2.24) is 15.2 Å². The second-order valence-electron chi connectivity index (χ2n) is 9.63. The third-order valence-corrected chi connectivity index (χ3v) is 7.01. The second-order valence-corrected chi connectivity index (χ2v) is 9.63. The van der Waals surface area contributed by atoms with Crippen molar-refractivity contribution in [3.63, 3.8) is 0 Å². The topological polar surface area (TPSA) is 88.3 Å². The van der Waals surface area contributed by atoms with E-state index in [2.05, 4.69) is 34.6 Å². The summed E-state index contributed by atoms with van der Waals surface area (Å²) in [5, 5.41) is 5.28. The number of carbonyl (C=O) groups excluding carboxylic acids is 2. The van der Waals surface area contributed by atoms with Crippen LogP contribution in [0.2, 0.25) is 0 Å². The monoisotopic (exact) mass is 492 g/mol. The Balaban J connectivity index is 1.36. The molecule has 1 aliphatic rings. The minimum Gasteiger partial charge on any atom is -0.342 e. The molecule has 0 radical (unpaired) electrons. The molecule has 2 amide bonds. The number of nitrogens with zero attached hydrogens (tertiary/aromatic N) is 2. The van der Waals surface area contributed by atoms with Gasteiger partial charge in [-0.3, -0.25) is 14.6 Å². The fourth-order valence-corrected chi connectivity index (χ4v) is 5.02. The summed E-state index contributed by atoms with van der Waals surface area (Å²) in [6.45, 7) is 0.910. The third-order valence-electron chi connectivity index (χ3n) is 7.01. The molecule has 3 aromatic carbocycles. The van der Waals surface area contributed by atoms with Crippen molar-refractivity contribution in [3.8, 4) is 11.3 Å². The van der Waals surface area contributed by atoms with Crippen molar-refractivity contribution in [2.75, 3.05) is 6.54 Å². The molecule has 1 aromatic heterocycles. The molecule has 0 saturated carbocycles. The van der Waals surface area contributed by atoms with E-state index in [9.17, 15) is 9.59 Å². The number of fused-ring (bicyclic) bond motifs is 1. The SMILES string of the molecule is NCCCC[C@H]1C(=O)N[C@@H](Cc2ccc3ccccc3c2)C(=O)N1Cc1ccc(-c2ccccc2)nc1. The van der Waals surface area contributed by atoms with Gasteiger partial charge in [-0.05, 0) is 53.8 Å². The Kier molecular flexibility index (Phi) is 7.57. The molecule has 5 rings (SSSR count). The maximum absolute atomic E-state index is 13.7. The van der Waals surface area contributed by atoms with Crippen LogP contribution in [0.5, 0.6) is 0 Å². The molecule has 37 heavy (non-hydrogen) atoms. The molecule has 6 nitrogen and oxygen atoms in total. The molecule has 1 aliphatic heterocycles. The summed E-state index contributed by atoms with van der Waals surface area (Å²) in [6, 6.07) is 27.2. The number of aromatic nitrogens is 1. The first kappa shape index (κ1) is 24.7. The highest BCUT2D eigenvalue weighted by Gasteiger charge is 2.40. The van der Waals surface area contributed by atoms with Crippen LogP contribution in [0.15, 0.2) is 91.1 Å². The van der Waals surface area contributed by atoms with Gasteiger partial charge in [-0.1, -0.05) is 78.9 Å². The van der Waals surface area contributed by atoms with Crippen LogP contribution < -0.4 is 11.1 Å². The van der Waals surface area contributed by atoms with Gasteiger partial charge < -0.3 is 16.0 Å². The molecule has 6 heteroatoms. The Labute approximate surface area is 217 Å². The molecule has 0 unspecified atom stereocenters. The van der Waals surface area contributed by atoms with Gasteiger partial charge in [0.15, 0.2) is 0 Å². The fourth-order valence-electron chi connectivity index (χ4n) is 5.02. The van der Waals surface area contributed by atoms with Crippen molar-refractivity contribution in [2.45, 2.75) is 44.3 Å². The number of nitrogens with two attached hydrogens (primary N) is 1. The van der Waals surface area contributed by atoms with Crippen LogP contribution in [-0.2, 0) is 22.6 Å². The van der Waals surface area contributed by atoms with Gasteiger partial charge in [0.25, 0.3) is 0 Å². The summed E-state index contributed by atoms with van der Waals surface area (Å²) in [5.41, 5.74) is 9.52. The number of nitrogens with one attached hydrogen (secondary N) is 1. The number of hydrogen-bond donors (Lipinski definition) is 2. The summed E-state index contributed by atoms with van der Waals surface area (Å²) in [4.78, 5) is 33.3. The van der Waals surface area contributed by atoms with Gasteiger partial charge >= 0.3 is 0 Å². The molecule has 2 atom stereocenters. The lowest BCUT2D eigenvalue weighted by molar-refractivity contribution is -0.150.